The van der Waals surface area contributed by atoms with Crippen LogP contribution in [-0.2, 0) is 23.0 Å². The van der Waals surface area contributed by atoms with Crippen molar-refractivity contribution in [2.75, 3.05) is 6.54 Å². The number of nitrogens with one attached hydrogen (secondary N) is 1. The van der Waals surface area contributed by atoms with Gasteiger partial charge in [0.25, 0.3) is 0 Å². The highest BCUT2D eigenvalue weighted by Crippen LogP contribution is 2.40. The molecule has 2 nitrogen and oxygen atoms in total. The maximum Gasteiger partial charge on any atom is 0.134 e. The number of phenols is 1. The van der Waals surface area contributed by atoms with Crippen LogP contribution in [0.5, 0.6) is 5.75 Å². The minimum absolute atomic E-state index is 0.112. The minimum atomic E-state index is -0.112. The van der Waals surface area contributed by atoms with Crippen LogP contribution in [0, 0.1) is 0 Å². The molecule has 0 bridgehead atoms. The molecule has 0 aliphatic carbocycles. The van der Waals surface area contributed by atoms with E-state index in [9.17, 15) is 5.11 Å². The smallest absolute Gasteiger partial charge is 0.134 e. The van der Waals surface area contributed by atoms with E-state index in [-0.39, 0.29) is 10.8 Å². The normalized spacial score (nSPS) is 12.1. The Morgan fingerprint density at radius 1 is 0.929 bits per heavy atom. The Bertz CT molecular complexity index is 767. The second-order valence-corrected chi connectivity index (χ2v) is 10.9. The molecule has 0 saturated heterocycles. The highest BCUT2D eigenvalue weighted by Gasteiger charge is 2.26. The summed E-state index contributed by atoms with van der Waals surface area (Å²) in [5, 5.41) is 14.2. The van der Waals surface area contributed by atoms with E-state index in [0.29, 0.717) is 5.75 Å². The molecule has 0 heterocycles. The van der Waals surface area contributed by atoms with E-state index in [2.05, 4.69) is 83.3 Å². The van der Waals surface area contributed by atoms with Crippen LogP contribution >= 0.6 is 24.0 Å². The quantitative estimate of drug-likeness (QED) is 0.558. The van der Waals surface area contributed by atoms with Gasteiger partial charge >= 0.3 is 0 Å². The van der Waals surface area contributed by atoms with Crippen molar-refractivity contribution in [1.82, 2.24) is 5.32 Å². The number of phenolic OH excluding ortho intramolecular Hbond substituents is 1. The molecule has 2 aromatic carbocycles. The molecule has 0 saturated carbocycles. The van der Waals surface area contributed by atoms with Crippen LogP contribution in [0.4, 0.5) is 0 Å². The molecule has 0 spiro atoms. The van der Waals surface area contributed by atoms with Crippen LogP contribution in [0.2, 0.25) is 0 Å². The van der Waals surface area contributed by atoms with Gasteiger partial charge in [-0.1, -0.05) is 108 Å². The average Bonchev–Trinajstić information content (AvgIpc) is 2.59. The predicted molar refractivity (Wildman–Crippen MR) is 128 cm³/mol. The molecular formula is C24H33NOS2. The van der Waals surface area contributed by atoms with Gasteiger partial charge in [0.15, 0.2) is 0 Å². The van der Waals surface area contributed by atoms with Gasteiger partial charge in [-0.15, -0.1) is 0 Å². The highest BCUT2D eigenvalue weighted by molar-refractivity contribution is 8.22. The Morgan fingerprint density at radius 2 is 1.46 bits per heavy atom. The molecule has 2 rings (SSSR count). The number of thioether (sulfide) groups is 1. The van der Waals surface area contributed by atoms with Crippen molar-refractivity contribution in [1.29, 1.82) is 0 Å². The van der Waals surface area contributed by atoms with Crippen molar-refractivity contribution in [3.05, 3.63) is 64.7 Å². The van der Waals surface area contributed by atoms with Crippen molar-refractivity contribution >= 4 is 28.3 Å². The molecular weight excluding hydrogens is 382 g/mol. The Labute approximate surface area is 180 Å². The van der Waals surface area contributed by atoms with Gasteiger partial charge in [-0.05, 0) is 39.5 Å². The zero-order valence-electron chi connectivity index (χ0n) is 17.9. The van der Waals surface area contributed by atoms with E-state index < -0.39 is 0 Å². The van der Waals surface area contributed by atoms with Gasteiger partial charge in [0.2, 0.25) is 0 Å². The van der Waals surface area contributed by atoms with E-state index in [0.717, 1.165) is 34.2 Å². The second-order valence-electron chi connectivity index (χ2n) is 9.28. The molecule has 0 fully saturated rings. The highest BCUT2D eigenvalue weighted by atomic mass is 32.2. The predicted octanol–water partition coefficient (Wildman–Crippen LogP) is 6.34. The van der Waals surface area contributed by atoms with Crippen molar-refractivity contribution in [3.63, 3.8) is 0 Å². The summed E-state index contributed by atoms with van der Waals surface area (Å²) in [6.45, 7) is 13.7. The lowest BCUT2D eigenvalue weighted by atomic mass is 9.78. The van der Waals surface area contributed by atoms with Gasteiger partial charge < -0.3 is 10.4 Å². The Morgan fingerprint density at radius 3 is 1.96 bits per heavy atom. The molecule has 0 radical (unpaired) electrons. The fourth-order valence-electron chi connectivity index (χ4n) is 3.07. The van der Waals surface area contributed by atoms with E-state index in [1.807, 2.05) is 6.07 Å². The molecule has 2 N–H and O–H groups in total. The maximum atomic E-state index is 10.8. The van der Waals surface area contributed by atoms with Gasteiger partial charge in [-0.3, -0.25) is 0 Å². The first-order valence-electron chi connectivity index (χ1n) is 9.80. The maximum absolute atomic E-state index is 10.8. The molecule has 2 aromatic rings. The van der Waals surface area contributed by atoms with Gasteiger partial charge in [0.05, 0.1) is 0 Å². The third-order valence-corrected chi connectivity index (χ3v) is 6.06. The lowest BCUT2D eigenvalue weighted by Gasteiger charge is -2.28. The molecule has 0 aliphatic heterocycles. The first-order valence-corrected chi connectivity index (χ1v) is 11.2. The summed E-state index contributed by atoms with van der Waals surface area (Å²) in [4.78, 5) is 0. The van der Waals surface area contributed by atoms with Crippen molar-refractivity contribution in [2.24, 2.45) is 0 Å². The van der Waals surface area contributed by atoms with Crippen molar-refractivity contribution < 1.29 is 5.11 Å². The zero-order chi connectivity index (χ0) is 20.9. The number of benzene rings is 2. The third-order valence-electron chi connectivity index (χ3n) is 4.68. The van der Waals surface area contributed by atoms with Gasteiger partial charge in [-0.25, -0.2) is 0 Å². The Kier molecular flexibility index (Phi) is 7.58. The van der Waals surface area contributed by atoms with Gasteiger partial charge in [0, 0.05) is 12.3 Å². The molecule has 0 aromatic heterocycles. The van der Waals surface area contributed by atoms with Crippen LogP contribution in [-0.4, -0.2) is 16.0 Å². The van der Waals surface area contributed by atoms with Crippen LogP contribution in [0.3, 0.4) is 0 Å². The van der Waals surface area contributed by atoms with Crippen molar-refractivity contribution in [2.45, 2.75) is 64.5 Å². The molecule has 0 unspecified atom stereocenters. The number of aromatic hydroxyl groups is 1. The van der Waals surface area contributed by atoms with Crippen LogP contribution < -0.4 is 5.32 Å². The molecule has 4 heteroatoms. The fourth-order valence-corrected chi connectivity index (χ4v) is 4.02. The van der Waals surface area contributed by atoms with Crippen LogP contribution in [0.25, 0.3) is 0 Å². The van der Waals surface area contributed by atoms with Gasteiger partial charge in [0.1, 0.15) is 10.1 Å². The summed E-state index contributed by atoms with van der Waals surface area (Å²) in [5.74, 6) is 1.22. The fraction of sp³-hybridized carbons (Fsp3) is 0.458. The summed E-state index contributed by atoms with van der Waals surface area (Å²) in [6.07, 6.45) is 0.961. The number of hydrogen-bond donors (Lipinski definition) is 2. The Balaban J connectivity index is 2.03. The first-order chi connectivity index (χ1) is 13.0. The number of thiocarbonyl (C=S) groups is 1. The molecule has 0 aliphatic rings. The summed E-state index contributed by atoms with van der Waals surface area (Å²) in [5.41, 5.74) is 4.28. The molecule has 0 atom stereocenters. The lowest BCUT2D eigenvalue weighted by Crippen LogP contribution is -2.21. The van der Waals surface area contributed by atoms with Crippen LogP contribution in [0.15, 0.2) is 42.5 Å². The van der Waals surface area contributed by atoms with Crippen LogP contribution in [0.1, 0.15) is 63.8 Å². The number of rotatable bonds is 5. The Hall–Kier alpha value is -1.52. The summed E-state index contributed by atoms with van der Waals surface area (Å²) in [7, 11) is 0. The van der Waals surface area contributed by atoms with Crippen molar-refractivity contribution in [3.8, 4) is 5.75 Å². The topological polar surface area (TPSA) is 32.3 Å². The number of hydrogen-bond acceptors (Lipinski definition) is 3. The van der Waals surface area contributed by atoms with E-state index in [1.54, 1.807) is 11.8 Å². The summed E-state index contributed by atoms with van der Waals surface area (Å²) >= 11 is 7.16. The third kappa shape index (κ3) is 6.52. The second kappa shape index (κ2) is 9.32. The van der Waals surface area contributed by atoms with Gasteiger partial charge in [-0.2, -0.15) is 0 Å². The minimum Gasteiger partial charge on any atom is -0.507 e. The summed E-state index contributed by atoms with van der Waals surface area (Å²) < 4.78 is 0.818. The monoisotopic (exact) mass is 415 g/mol. The molecule has 152 valence electrons. The van der Waals surface area contributed by atoms with E-state index in [1.165, 1.54) is 11.1 Å². The van der Waals surface area contributed by atoms with E-state index in [4.69, 9.17) is 12.2 Å². The van der Waals surface area contributed by atoms with E-state index >= 15 is 0 Å². The SMILES string of the molecule is CC(C)(C)c1cc(CSC(=S)NCCc2ccccc2)cc(C(C)(C)C)c1O. The molecule has 0 amide bonds. The average molecular weight is 416 g/mol. The standard InChI is InChI=1S/C24H33NOS2/c1-23(2,3)19-14-18(15-20(21(19)26)24(4,5)6)16-28-22(27)25-13-12-17-10-8-7-9-11-17/h7-11,14-15,26H,12-13,16H2,1-6H3,(H,25,27). The summed E-state index contributed by atoms with van der Waals surface area (Å²) in [6, 6.07) is 14.7. The zero-order valence-corrected chi connectivity index (χ0v) is 19.6. The first kappa shape index (κ1) is 22.8. The largest absolute Gasteiger partial charge is 0.507 e. The lowest BCUT2D eigenvalue weighted by molar-refractivity contribution is 0.423. The molecule has 28 heavy (non-hydrogen) atoms.